The number of halogens is 1. The van der Waals surface area contributed by atoms with Gasteiger partial charge in [-0.1, -0.05) is 22.0 Å². The number of aliphatic carboxylic acids is 1. The quantitative estimate of drug-likeness (QED) is 0.821. The van der Waals surface area contributed by atoms with Crippen molar-refractivity contribution < 1.29 is 18.3 Å². The van der Waals surface area contributed by atoms with Crippen LogP contribution in [-0.2, 0) is 14.6 Å². The predicted octanol–water partition coefficient (Wildman–Crippen LogP) is 2.17. The fourth-order valence-electron chi connectivity index (χ4n) is 2.42. The molecule has 0 spiro atoms. The first-order chi connectivity index (χ1) is 9.78. The first-order valence-electron chi connectivity index (χ1n) is 6.46. The molecule has 2 rings (SSSR count). The Labute approximate surface area is 132 Å². The standard InChI is InChI=1S/C14H16BrNO4S/c1-10-9-21(19,20)7-6-16(10)13-8-12(15)4-2-11(13)3-5-14(17)18/h2-5,8,10H,6-7,9H2,1H3,(H,17,18)/b5-3+. The van der Waals surface area contributed by atoms with E-state index in [2.05, 4.69) is 15.9 Å². The number of sulfone groups is 1. The van der Waals surface area contributed by atoms with Gasteiger partial charge in [0.05, 0.1) is 11.5 Å². The second kappa shape index (κ2) is 6.19. The number of rotatable bonds is 3. The summed E-state index contributed by atoms with van der Waals surface area (Å²) in [5.74, 6) is -0.786. The summed E-state index contributed by atoms with van der Waals surface area (Å²) in [6, 6.07) is 5.39. The molecule has 1 N–H and O–H groups in total. The Morgan fingerprint density at radius 2 is 2.19 bits per heavy atom. The zero-order valence-electron chi connectivity index (χ0n) is 11.5. The van der Waals surface area contributed by atoms with E-state index in [4.69, 9.17) is 5.11 Å². The highest BCUT2D eigenvalue weighted by molar-refractivity contribution is 9.10. The van der Waals surface area contributed by atoms with Gasteiger partial charge in [-0.2, -0.15) is 0 Å². The van der Waals surface area contributed by atoms with E-state index in [-0.39, 0.29) is 17.5 Å². The lowest BCUT2D eigenvalue weighted by Gasteiger charge is -2.36. The van der Waals surface area contributed by atoms with Gasteiger partial charge < -0.3 is 10.0 Å². The molecule has 0 aromatic heterocycles. The van der Waals surface area contributed by atoms with E-state index in [1.165, 1.54) is 6.08 Å². The number of anilines is 1. The summed E-state index contributed by atoms with van der Waals surface area (Å²) in [6.45, 7) is 2.27. The SMILES string of the molecule is CC1CS(=O)(=O)CCN1c1cc(Br)ccc1/C=C/C(=O)O. The molecule has 1 fully saturated rings. The fourth-order valence-corrected chi connectivity index (χ4v) is 4.33. The van der Waals surface area contributed by atoms with Gasteiger partial charge in [0.1, 0.15) is 0 Å². The van der Waals surface area contributed by atoms with Gasteiger partial charge in [-0.25, -0.2) is 13.2 Å². The Bertz CT molecular complexity index is 684. The van der Waals surface area contributed by atoms with E-state index in [9.17, 15) is 13.2 Å². The van der Waals surface area contributed by atoms with Crippen LogP contribution in [0.4, 0.5) is 5.69 Å². The second-order valence-corrected chi connectivity index (χ2v) is 8.18. The number of nitrogens with zero attached hydrogens (tertiary/aromatic N) is 1. The van der Waals surface area contributed by atoms with Crippen molar-refractivity contribution >= 4 is 43.5 Å². The fraction of sp³-hybridized carbons (Fsp3) is 0.357. The van der Waals surface area contributed by atoms with E-state index in [1.54, 1.807) is 0 Å². The lowest BCUT2D eigenvalue weighted by molar-refractivity contribution is -0.131. The highest BCUT2D eigenvalue weighted by Crippen LogP contribution is 2.29. The molecule has 1 aromatic rings. The van der Waals surface area contributed by atoms with E-state index in [0.717, 1.165) is 21.8 Å². The van der Waals surface area contributed by atoms with Crippen molar-refractivity contribution in [3.8, 4) is 0 Å². The number of carbonyl (C=O) groups is 1. The molecule has 114 valence electrons. The van der Waals surface area contributed by atoms with Crippen molar-refractivity contribution in [3.63, 3.8) is 0 Å². The molecule has 0 amide bonds. The van der Waals surface area contributed by atoms with Crippen LogP contribution in [0.3, 0.4) is 0 Å². The Morgan fingerprint density at radius 3 is 2.81 bits per heavy atom. The van der Waals surface area contributed by atoms with Crippen LogP contribution in [0.5, 0.6) is 0 Å². The maximum Gasteiger partial charge on any atom is 0.328 e. The molecule has 1 aromatic carbocycles. The zero-order valence-corrected chi connectivity index (χ0v) is 13.9. The summed E-state index contributed by atoms with van der Waals surface area (Å²) >= 11 is 3.40. The van der Waals surface area contributed by atoms with E-state index >= 15 is 0 Å². The first kappa shape index (κ1) is 16.0. The van der Waals surface area contributed by atoms with Crippen molar-refractivity contribution in [2.75, 3.05) is 23.0 Å². The summed E-state index contributed by atoms with van der Waals surface area (Å²) in [4.78, 5) is 12.7. The van der Waals surface area contributed by atoms with Gasteiger partial charge >= 0.3 is 5.97 Å². The number of carboxylic acid groups (broad SMARTS) is 1. The molecule has 1 aliphatic heterocycles. The van der Waals surface area contributed by atoms with Gasteiger partial charge in [-0.05, 0) is 30.7 Å². The van der Waals surface area contributed by atoms with E-state index in [1.807, 2.05) is 30.0 Å². The van der Waals surface area contributed by atoms with Crippen LogP contribution in [-0.4, -0.2) is 43.6 Å². The predicted molar refractivity (Wildman–Crippen MR) is 86.3 cm³/mol. The monoisotopic (exact) mass is 373 g/mol. The van der Waals surface area contributed by atoms with Crippen LogP contribution in [0, 0.1) is 0 Å². The molecular weight excluding hydrogens is 358 g/mol. The summed E-state index contributed by atoms with van der Waals surface area (Å²) in [6.07, 6.45) is 2.61. The molecule has 1 atom stereocenters. The highest BCUT2D eigenvalue weighted by Gasteiger charge is 2.29. The average Bonchev–Trinajstić information content (AvgIpc) is 2.36. The third-order valence-electron chi connectivity index (χ3n) is 3.38. The van der Waals surface area contributed by atoms with E-state index < -0.39 is 15.8 Å². The maximum absolute atomic E-state index is 11.7. The van der Waals surface area contributed by atoms with Crippen molar-refractivity contribution in [1.82, 2.24) is 0 Å². The number of hydrogen-bond donors (Lipinski definition) is 1. The number of benzene rings is 1. The normalized spacial score (nSPS) is 21.6. The molecule has 5 nitrogen and oxygen atoms in total. The third-order valence-corrected chi connectivity index (χ3v) is 5.67. The minimum atomic E-state index is -2.99. The summed E-state index contributed by atoms with van der Waals surface area (Å²) in [5.41, 5.74) is 1.59. The van der Waals surface area contributed by atoms with Gasteiger partial charge in [0, 0.05) is 28.8 Å². The molecule has 0 aliphatic carbocycles. The molecule has 21 heavy (non-hydrogen) atoms. The number of carboxylic acids is 1. The van der Waals surface area contributed by atoms with Gasteiger partial charge in [0.2, 0.25) is 0 Å². The van der Waals surface area contributed by atoms with Crippen molar-refractivity contribution in [1.29, 1.82) is 0 Å². The molecule has 0 saturated carbocycles. The molecule has 0 radical (unpaired) electrons. The molecule has 1 aliphatic rings. The largest absolute Gasteiger partial charge is 0.478 e. The summed E-state index contributed by atoms with van der Waals surface area (Å²) in [5, 5.41) is 8.76. The lowest BCUT2D eigenvalue weighted by atomic mass is 10.1. The van der Waals surface area contributed by atoms with Crippen LogP contribution in [0.2, 0.25) is 0 Å². The minimum absolute atomic E-state index is 0.113. The number of hydrogen-bond acceptors (Lipinski definition) is 4. The van der Waals surface area contributed by atoms with Crippen molar-refractivity contribution in [3.05, 3.63) is 34.3 Å². The van der Waals surface area contributed by atoms with Crippen LogP contribution >= 0.6 is 15.9 Å². The molecule has 1 unspecified atom stereocenters. The first-order valence-corrected chi connectivity index (χ1v) is 9.07. The lowest BCUT2D eigenvalue weighted by Crippen LogP contribution is -2.47. The second-order valence-electron chi connectivity index (χ2n) is 5.03. The minimum Gasteiger partial charge on any atom is -0.478 e. The smallest absolute Gasteiger partial charge is 0.328 e. The van der Waals surface area contributed by atoms with Crippen LogP contribution in [0.25, 0.3) is 6.08 Å². The van der Waals surface area contributed by atoms with Gasteiger partial charge in [-0.15, -0.1) is 0 Å². The molecule has 1 heterocycles. The highest BCUT2D eigenvalue weighted by atomic mass is 79.9. The summed E-state index contributed by atoms with van der Waals surface area (Å²) in [7, 11) is -2.99. The van der Waals surface area contributed by atoms with Crippen LogP contribution < -0.4 is 4.90 Å². The van der Waals surface area contributed by atoms with Gasteiger partial charge in [-0.3, -0.25) is 0 Å². The Kier molecular flexibility index (Phi) is 4.73. The molecule has 0 bridgehead atoms. The third kappa shape index (κ3) is 4.07. The van der Waals surface area contributed by atoms with Crippen LogP contribution in [0.1, 0.15) is 12.5 Å². The summed E-state index contributed by atoms with van der Waals surface area (Å²) < 4.78 is 24.2. The zero-order chi connectivity index (χ0) is 15.6. The Hall–Kier alpha value is -1.34. The topological polar surface area (TPSA) is 74.7 Å². The maximum atomic E-state index is 11.7. The van der Waals surface area contributed by atoms with Gasteiger partial charge in [0.15, 0.2) is 9.84 Å². The van der Waals surface area contributed by atoms with Crippen molar-refractivity contribution in [2.45, 2.75) is 13.0 Å². The Morgan fingerprint density at radius 1 is 1.48 bits per heavy atom. The molecule has 7 heteroatoms. The molecule has 1 saturated heterocycles. The molecular formula is C14H16BrNO4S. The average molecular weight is 374 g/mol. The van der Waals surface area contributed by atoms with Gasteiger partial charge in [0.25, 0.3) is 0 Å². The van der Waals surface area contributed by atoms with E-state index in [0.29, 0.717) is 6.54 Å². The van der Waals surface area contributed by atoms with Crippen LogP contribution in [0.15, 0.2) is 28.7 Å². The van der Waals surface area contributed by atoms with Crippen molar-refractivity contribution in [2.24, 2.45) is 0 Å². The Balaban J connectivity index is 2.38.